The number of hydrogen-bond donors (Lipinski definition) is 2. The van der Waals surface area contributed by atoms with E-state index in [-0.39, 0.29) is 13.2 Å². The zero-order chi connectivity index (χ0) is 18.2. The molecule has 0 aliphatic carbocycles. The van der Waals surface area contributed by atoms with Crippen molar-refractivity contribution in [2.24, 2.45) is 0 Å². The van der Waals surface area contributed by atoms with E-state index in [1.165, 1.54) is 0 Å². The first kappa shape index (κ1) is 21.4. The van der Waals surface area contributed by atoms with E-state index >= 15 is 0 Å². The third kappa shape index (κ3) is 13.1. The van der Waals surface area contributed by atoms with Crippen LogP contribution in [0.25, 0.3) is 0 Å². The Bertz CT molecular complexity index is 441. The molecule has 0 aliphatic rings. The van der Waals surface area contributed by atoms with Crippen molar-refractivity contribution in [2.45, 2.75) is 39.5 Å². The number of hydrogen-bond acceptors (Lipinski definition) is 6. The molecule has 8 nitrogen and oxygen atoms in total. The lowest BCUT2D eigenvalue weighted by Gasteiger charge is -2.02. The lowest BCUT2D eigenvalue weighted by atomic mass is 10.4. The smallest absolute Gasteiger partial charge is 0.330 e. The summed E-state index contributed by atoms with van der Waals surface area (Å²) < 4.78 is 9.62. The zero-order valence-corrected chi connectivity index (χ0v) is 14.0. The van der Waals surface area contributed by atoms with E-state index < -0.39 is 23.8 Å². The Morgan fingerprint density at radius 3 is 1.42 bits per heavy atom. The van der Waals surface area contributed by atoms with Crippen LogP contribution in [0, 0.1) is 0 Å². The predicted molar refractivity (Wildman–Crippen MR) is 86.3 cm³/mol. The van der Waals surface area contributed by atoms with Gasteiger partial charge in [0.25, 0.3) is 11.8 Å². The first-order valence-electron chi connectivity index (χ1n) is 7.79. The molecule has 8 heteroatoms. The van der Waals surface area contributed by atoms with E-state index in [0.29, 0.717) is 0 Å². The zero-order valence-electron chi connectivity index (χ0n) is 14.0. The highest BCUT2D eigenvalue weighted by Crippen LogP contribution is 1.90. The molecule has 2 amide bonds. The van der Waals surface area contributed by atoms with Crippen molar-refractivity contribution in [3.8, 4) is 0 Å². The lowest BCUT2D eigenvalue weighted by molar-refractivity contribution is -0.138. The molecule has 0 saturated carbocycles. The number of unbranched alkanes of at least 4 members (excludes halogenated alkanes) is 2. The van der Waals surface area contributed by atoms with Gasteiger partial charge in [-0.15, -0.1) is 0 Å². The maximum atomic E-state index is 11.4. The summed E-state index contributed by atoms with van der Waals surface area (Å²) in [4.78, 5) is 45.1. The number of carbonyl (C=O) groups excluding carboxylic acids is 4. The average molecular weight is 340 g/mol. The molecule has 0 aromatic rings. The second kappa shape index (κ2) is 14.0. The van der Waals surface area contributed by atoms with E-state index in [4.69, 9.17) is 9.47 Å². The van der Waals surface area contributed by atoms with E-state index in [1.54, 1.807) is 0 Å². The minimum atomic E-state index is -0.713. The van der Waals surface area contributed by atoms with Crippen molar-refractivity contribution >= 4 is 23.8 Å². The number of amides is 2. The molecule has 2 N–H and O–H groups in total. The standard InChI is InChI=1S/C16H24N2O6/c1-3-5-11-23-15(21)9-7-13(19)17-18-14(20)8-10-16(22)24-12-6-4-2/h7-10H,3-6,11-12H2,1-2H3,(H,17,19)(H,18,20)/b9-7+,10-8+. The van der Waals surface area contributed by atoms with Gasteiger partial charge in [0.1, 0.15) is 0 Å². The fourth-order valence-corrected chi connectivity index (χ4v) is 1.22. The summed E-state index contributed by atoms with van der Waals surface area (Å²) >= 11 is 0. The van der Waals surface area contributed by atoms with E-state index in [1.807, 2.05) is 24.7 Å². The van der Waals surface area contributed by atoms with Gasteiger partial charge in [0, 0.05) is 24.3 Å². The van der Waals surface area contributed by atoms with Gasteiger partial charge in [-0.1, -0.05) is 26.7 Å². The summed E-state index contributed by atoms with van der Waals surface area (Å²) in [5.74, 6) is -2.70. The van der Waals surface area contributed by atoms with Crippen LogP contribution in [0.4, 0.5) is 0 Å². The Labute approximate surface area is 141 Å². The van der Waals surface area contributed by atoms with Crippen molar-refractivity contribution in [1.82, 2.24) is 10.9 Å². The third-order valence-electron chi connectivity index (χ3n) is 2.53. The molecule has 0 aromatic heterocycles. The average Bonchev–Trinajstić information content (AvgIpc) is 2.56. The van der Waals surface area contributed by atoms with Crippen LogP contribution >= 0.6 is 0 Å². The highest BCUT2D eigenvalue weighted by molar-refractivity contribution is 5.98. The van der Waals surface area contributed by atoms with Crippen molar-refractivity contribution in [2.75, 3.05) is 13.2 Å². The van der Waals surface area contributed by atoms with Gasteiger partial charge in [-0.3, -0.25) is 20.4 Å². The first-order valence-corrected chi connectivity index (χ1v) is 7.79. The normalized spacial score (nSPS) is 10.6. The summed E-state index contributed by atoms with van der Waals surface area (Å²) in [7, 11) is 0. The molecule has 0 radical (unpaired) electrons. The minimum absolute atomic E-state index is 0.289. The molecule has 0 atom stereocenters. The second-order valence-electron chi connectivity index (χ2n) is 4.69. The van der Waals surface area contributed by atoms with Crippen LogP contribution in [-0.4, -0.2) is 37.0 Å². The number of rotatable bonds is 10. The maximum Gasteiger partial charge on any atom is 0.330 e. The van der Waals surface area contributed by atoms with Gasteiger partial charge in [0.15, 0.2) is 0 Å². The summed E-state index contributed by atoms with van der Waals surface area (Å²) in [5, 5.41) is 0. The van der Waals surface area contributed by atoms with Crippen LogP contribution in [-0.2, 0) is 28.7 Å². The van der Waals surface area contributed by atoms with E-state index in [0.717, 1.165) is 50.0 Å². The third-order valence-corrected chi connectivity index (χ3v) is 2.53. The Balaban J connectivity index is 3.98. The summed E-state index contributed by atoms with van der Waals surface area (Å²) in [6, 6.07) is 0. The van der Waals surface area contributed by atoms with Crippen molar-refractivity contribution in [1.29, 1.82) is 0 Å². The predicted octanol–water partition coefficient (Wildman–Crippen LogP) is 0.933. The highest BCUT2D eigenvalue weighted by atomic mass is 16.5. The van der Waals surface area contributed by atoms with E-state index in [2.05, 4.69) is 0 Å². The molecule has 0 fully saturated rings. The van der Waals surface area contributed by atoms with Crippen LogP contribution in [0.15, 0.2) is 24.3 Å². The molecule has 0 spiro atoms. The highest BCUT2D eigenvalue weighted by Gasteiger charge is 2.02. The molecular formula is C16H24N2O6. The molecule has 0 rings (SSSR count). The first-order chi connectivity index (χ1) is 11.5. The number of ether oxygens (including phenoxy) is 2. The lowest BCUT2D eigenvalue weighted by Crippen LogP contribution is -2.40. The summed E-state index contributed by atoms with van der Waals surface area (Å²) in [6.07, 6.45) is 7.04. The monoisotopic (exact) mass is 340 g/mol. The fourth-order valence-electron chi connectivity index (χ4n) is 1.22. The Morgan fingerprint density at radius 1 is 0.708 bits per heavy atom. The Morgan fingerprint density at radius 2 is 1.08 bits per heavy atom. The van der Waals surface area contributed by atoms with Crippen molar-refractivity contribution in [3.63, 3.8) is 0 Å². The van der Waals surface area contributed by atoms with Gasteiger partial charge in [-0.2, -0.15) is 0 Å². The largest absolute Gasteiger partial charge is 0.463 e. The van der Waals surface area contributed by atoms with Crippen molar-refractivity contribution < 1.29 is 28.7 Å². The fraction of sp³-hybridized carbons (Fsp3) is 0.500. The molecule has 24 heavy (non-hydrogen) atoms. The molecular weight excluding hydrogens is 316 g/mol. The Hall–Kier alpha value is -2.64. The van der Waals surface area contributed by atoms with Gasteiger partial charge in [-0.05, 0) is 12.8 Å². The molecule has 0 saturated heterocycles. The minimum Gasteiger partial charge on any atom is -0.463 e. The molecule has 0 heterocycles. The maximum absolute atomic E-state index is 11.4. The molecule has 0 unspecified atom stereocenters. The van der Waals surface area contributed by atoms with Crippen molar-refractivity contribution in [3.05, 3.63) is 24.3 Å². The van der Waals surface area contributed by atoms with Gasteiger partial charge < -0.3 is 9.47 Å². The Kier molecular flexibility index (Phi) is 12.4. The van der Waals surface area contributed by atoms with Crippen LogP contribution in [0.1, 0.15) is 39.5 Å². The van der Waals surface area contributed by atoms with Gasteiger partial charge >= 0.3 is 11.9 Å². The van der Waals surface area contributed by atoms with Crippen LogP contribution in [0.3, 0.4) is 0 Å². The number of hydrazine groups is 1. The van der Waals surface area contributed by atoms with Crippen LogP contribution < -0.4 is 10.9 Å². The molecule has 0 aromatic carbocycles. The van der Waals surface area contributed by atoms with Gasteiger partial charge in [-0.25, -0.2) is 9.59 Å². The van der Waals surface area contributed by atoms with Gasteiger partial charge in [0.2, 0.25) is 0 Å². The number of esters is 2. The van der Waals surface area contributed by atoms with E-state index in [9.17, 15) is 19.2 Å². The topological polar surface area (TPSA) is 111 Å². The molecule has 0 bridgehead atoms. The molecule has 134 valence electrons. The van der Waals surface area contributed by atoms with Gasteiger partial charge in [0.05, 0.1) is 13.2 Å². The molecule has 0 aliphatic heterocycles. The second-order valence-corrected chi connectivity index (χ2v) is 4.69. The number of carbonyl (C=O) groups is 4. The van der Waals surface area contributed by atoms with Crippen LogP contribution in [0.5, 0.6) is 0 Å². The summed E-state index contributed by atoms with van der Waals surface area (Å²) in [5.41, 5.74) is 4.09. The quantitative estimate of drug-likeness (QED) is 0.265. The number of nitrogens with one attached hydrogen (secondary N) is 2. The SMILES string of the molecule is CCCCOC(=O)/C=C/C(=O)NNC(=O)/C=C/C(=O)OCCCC. The summed E-state index contributed by atoms with van der Waals surface area (Å²) in [6.45, 7) is 4.49. The van der Waals surface area contributed by atoms with Crippen LogP contribution in [0.2, 0.25) is 0 Å².